The van der Waals surface area contributed by atoms with Gasteiger partial charge in [0, 0.05) is 38.7 Å². The Kier molecular flexibility index (Phi) is 8.45. The van der Waals surface area contributed by atoms with Crippen LogP contribution in [0.15, 0.2) is 152 Å². The van der Waals surface area contributed by atoms with Crippen LogP contribution in [0, 0.1) is 22.7 Å². The number of H-pyrrole nitrogens is 2. The third kappa shape index (κ3) is 5.87. The molecule has 292 valence electrons. The fraction of sp³-hybridized carbons (Fsp3) is 0.0545. The first-order valence-corrected chi connectivity index (χ1v) is 20.6. The summed E-state index contributed by atoms with van der Waals surface area (Å²) in [4.78, 5) is 21.0. The van der Waals surface area contributed by atoms with E-state index in [-0.39, 0.29) is 5.41 Å². The summed E-state index contributed by atoms with van der Waals surface area (Å²) in [7, 11) is 0. The van der Waals surface area contributed by atoms with Gasteiger partial charge in [-0.2, -0.15) is 10.5 Å². The van der Waals surface area contributed by atoms with E-state index in [1.54, 1.807) is 6.07 Å². The minimum atomic E-state index is -0.245. The minimum Gasteiger partial charge on any atom is -0.354 e. The highest BCUT2D eigenvalue weighted by atomic mass is 15.2. The van der Waals surface area contributed by atoms with Crippen LogP contribution >= 0.6 is 0 Å². The molecule has 7 nitrogen and oxygen atoms in total. The second-order valence-corrected chi connectivity index (χ2v) is 16.2. The van der Waals surface area contributed by atoms with Crippen molar-refractivity contribution in [2.75, 3.05) is 4.90 Å². The second-order valence-electron chi connectivity index (χ2n) is 16.2. The van der Waals surface area contributed by atoms with Gasteiger partial charge >= 0.3 is 0 Å². The monoisotopic (exact) mass is 795 g/mol. The standard InChI is InChI=1S/C55H37N7/c1-55(2)39-17-9-11-19-49(39)62(50-20-12-10-18-40(50)55)54-47-27-25-43(60-47)51(36-13-5-3-6-14-36)41-21-23-45(58-41)53(38-30-34(32-56)29-35(31-38)33-57)46-24-22-42(59-46)52(37-15-7-4-8-16-37)44-26-28-48(54)61-44/h3-31,58,61H,1-2H3. The van der Waals surface area contributed by atoms with Gasteiger partial charge in [0.1, 0.15) is 0 Å². The summed E-state index contributed by atoms with van der Waals surface area (Å²) in [6, 6.07) is 56.2. The van der Waals surface area contributed by atoms with Crippen LogP contribution in [-0.2, 0) is 5.41 Å². The highest BCUT2D eigenvalue weighted by molar-refractivity contribution is 6.02. The minimum absolute atomic E-state index is 0.245. The quantitative estimate of drug-likeness (QED) is 0.184. The zero-order valence-corrected chi connectivity index (χ0v) is 34.0. The van der Waals surface area contributed by atoms with Gasteiger partial charge in [-0.3, -0.25) is 0 Å². The van der Waals surface area contributed by atoms with Gasteiger partial charge < -0.3 is 14.9 Å². The van der Waals surface area contributed by atoms with Crippen LogP contribution in [0.25, 0.3) is 79.8 Å². The topological polar surface area (TPSA) is 108 Å². The number of hydrogen-bond acceptors (Lipinski definition) is 5. The maximum Gasteiger partial charge on any atom is 0.0992 e. The van der Waals surface area contributed by atoms with E-state index in [4.69, 9.17) is 9.97 Å². The molecular weight excluding hydrogens is 759 g/mol. The van der Waals surface area contributed by atoms with E-state index < -0.39 is 0 Å². The van der Waals surface area contributed by atoms with Crippen molar-refractivity contribution in [2.24, 2.45) is 0 Å². The molecule has 8 bridgehead atoms. The average molecular weight is 796 g/mol. The predicted molar refractivity (Wildman–Crippen MR) is 251 cm³/mol. The molecule has 8 aromatic rings. The SMILES string of the molecule is CC1(C)c2ccccc2N(c2c3nc(c(-c4ccccc4)c4ccc([nH]4)c(-c4cc(C#N)cc(C#N)c4)c4nc(c(-c5ccccc5)c5ccc2[nH]5)C=C4)C=C3)c2ccccc21. The van der Waals surface area contributed by atoms with Gasteiger partial charge in [-0.1, -0.05) is 111 Å². The summed E-state index contributed by atoms with van der Waals surface area (Å²) >= 11 is 0. The number of nitriles is 2. The van der Waals surface area contributed by atoms with Crippen molar-refractivity contribution in [1.82, 2.24) is 19.9 Å². The van der Waals surface area contributed by atoms with Gasteiger partial charge in [-0.25, -0.2) is 9.97 Å². The number of nitrogens with one attached hydrogen (secondary N) is 2. The first-order chi connectivity index (χ1) is 30.4. The lowest BCUT2D eigenvalue weighted by Crippen LogP contribution is -2.30. The van der Waals surface area contributed by atoms with E-state index >= 15 is 0 Å². The number of benzene rings is 5. The number of fused-ring (bicyclic) bond motifs is 10. The highest BCUT2D eigenvalue weighted by Gasteiger charge is 2.37. The van der Waals surface area contributed by atoms with Crippen LogP contribution in [0.3, 0.4) is 0 Å². The molecule has 6 heterocycles. The van der Waals surface area contributed by atoms with Gasteiger partial charge in [0.2, 0.25) is 0 Å². The van der Waals surface area contributed by atoms with E-state index in [0.29, 0.717) is 22.4 Å². The summed E-state index contributed by atoms with van der Waals surface area (Å²) < 4.78 is 0. The van der Waals surface area contributed by atoms with E-state index in [1.807, 2.05) is 54.6 Å². The summed E-state index contributed by atoms with van der Waals surface area (Å²) in [5, 5.41) is 20.1. The Hall–Kier alpha value is -8.52. The molecule has 0 radical (unpaired) electrons. The fourth-order valence-corrected chi connectivity index (χ4v) is 9.36. The molecular formula is C55H37N7. The number of nitrogens with zero attached hydrogens (tertiary/aromatic N) is 5. The van der Waals surface area contributed by atoms with Crippen LogP contribution in [0.5, 0.6) is 0 Å². The molecule has 3 aliphatic rings. The Labute approximate surface area is 358 Å². The molecule has 11 rings (SSSR count). The number of aromatic nitrogens is 4. The Bertz CT molecular complexity index is 3340. The summed E-state index contributed by atoms with van der Waals surface area (Å²) in [5.74, 6) is 0. The molecule has 0 spiro atoms. The molecule has 0 aliphatic carbocycles. The number of rotatable bonds is 4. The number of aromatic amines is 2. The van der Waals surface area contributed by atoms with Crippen LogP contribution < -0.4 is 4.90 Å². The maximum absolute atomic E-state index is 10.1. The van der Waals surface area contributed by atoms with Crippen LogP contribution in [0.4, 0.5) is 17.1 Å². The lowest BCUT2D eigenvalue weighted by Gasteiger charge is -2.42. The summed E-state index contributed by atoms with van der Waals surface area (Å²) in [6.45, 7) is 4.60. The van der Waals surface area contributed by atoms with E-state index in [0.717, 1.165) is 84.0 Å². The van der Waals surface area contributed by atoms with Gasteiger partial charge in [0.25, 0.3) is 0 Å². The summed E-state index contributed by atoms with van der Waals surface area (Å²) in [5.41, 5.74) is 18.0. The van der Waals surface area contributed by atoms with Gasteiger partial charge in [-0.05, 0) is 107 Å². The summed E-state index contributed by atoms with van der Waals surface area (Å²) in [6.07, 6.45) is 8.31. The van der Waals surface area contributed by atoms with E-state index in [2.05, 4.69) is 156 Å². The van der Waals surface area contributed by atoms with Crippen molar-refractivity contribution < 1.29 is 0 Å². The zero-order chi connectivity index (χ0) is 42.0. The molecule has 62 heavy (non-hydrogen) atoms. The van der Waals surface area contributed by atoms with Crippen molar-refractivity contribution in [3.05, 3.63) is 197 Å². The predicted octanol–water partition coefficient (Wildman–Crippen LogP) is 13.5. The third-order valence-electron chi connectivity index (χ3n) is 12.2. The molecule has 0 fully saturated rings. The van der Waals surface area contributed by atoms with Crippen LogP contribution in [-0.4, -0.2) is 19.9 Å². The molecule has 0 saturated heterocycles. The molecule has 3 aliphatic heterocycles. The van der Waals surface area contributed by atoms with Crippen LogP contribution in [0.1, 0.15) is 58.9 Å². The molecule has 7 heteroatoms. The molecule has 3 aromatic heterocycles. The van der Waals surface area contributed by atoms with Crippen molar-refractivity contribution >= 4 is 63.4 Å². The zero-order valence-electron chi connectivity index (χ0n) is 34.0. The molecule has 0 unspecified atom stereocenters. The third-order valence-corrected chi connectivity index (χ3v) is 12.2. The largest absolute Gasteiger partial charge is 0.354 e. The number of para-hydroxylation sites is 2. The van der Waals surface area contributed by atoms with Crippen LogP contribution in [0.2, 0.25) is 0 Å². The van der Waals surface area contributed by atoms with Gasteiger partial charge in [0.15, 0.2) is 0 Å². The highest BCUT2D eigenvalue weighted by Crippen LogP contribution is 2.53. The number of anilines is 3. The molecule has 0 amide bonds. The smallest absolute Gasteiger partial charge is 0.0992 e. The molecule has 5 aromatic carbocycles. The Morgan fingerprint density at radius 2 is 0.855 bits per heavy atom. The average Bonchev–Trinajstić information content (AvgIpc) is 4.16. The Morgan fingerprint density at radius 3 is 1.35 bits per heavy atom. The van der Waals surface area contributed by atoms with E-state index in [1.165, 1.54) is 11.1 Å². The van der Waals surface area contributed by atoms with Crippen molar-refractivity contribution in [2.45, 2.75) is 19.3 Å². The lowest BCUT2D eigenvalue weighted by molar-refractivity contribution is 0.632. The number of hydrogen-bond donors (Lipinski definition) is 2. The maximum atomic E-state index is 10.1. The van der Waals surface area contributed by atoms with Gasteiger partial charge in [-0.15, -0.1) is 0 Å². The lowest BCUT2D eigenvalue weighted by atomic mass is 9.73. The van der Waals surface area contributed by atoms with Crippen molar-refractivity contribution in [1.29, 1.82) is 10.5 Å². The Morgan fingerprint density at radius 1 is 0.452 bits per heavy atom. The fourth-order valence-electron chi connectivity index (χ4n) is 9.36. The Balaban J connectivity index is 1.33. The van der Waals surface area contributed by atoms with Crippen molar-refractivity contribution in [3.63, 3.8) is 0 Å². The van der Waals surface area contributed by atoms with E-state index in [9.17, 15) is 10.5 Å². The molecule has 2 N–H and O–H groups in total. The second kappa shape index (κ2) is 14.3. The van der Waals surface area contributed by atoms with Gasteiger partial charge in [0.05, 0.1) is 68.6 Å². The first-order valence-electron chi connectivity index (χ1n) is 20.6. The van der Waals surface area contributed by atoms with Crippen molar-refractivity contribution in [3.8, 4) is 45.5 Å². The first kappa shape index (κ1) is 36.6. The normalized spacial score (nSPS) is 13.3. The molecule has 0 saturated carbocycles. The molecule has 0 atom stereocenters.